The van der Waals surface area contributed by atoms with Crippen LogP contribution >= 0.6 is 0 Å². The van der Waals surface area contributed by atoms with Crippen molar-refractivity contribution in [3.8, 4) is 5.75 Å². The van der Waals surface area contributed by atoms with E-state index in [9.17, 15) is 9.90 Å². The van der Waals surface area contributed by atoms with E-state index < -0.39 is 6.10 Å². The smallest absolute Gasteiger partial charge is 0.315 e. The molecule has 0 bridgehead atoms. The van der Waals surface area contributed by atoms with Gasteiger partial charge in [0.2, 0.25) is 0 Å². The first-order chi connectivity index (χ1) is 11.1. The zero-order valence-corrected chi connectivity index (χ0v) is 13.3. The molecule has 1 aromatic carbocycles. The van der Waals surface area contributed by atoms with Gasteiger partial charge >= 0.3 is 6.03 Å². The fraction of sp³-hybridized carbons (Fsp3) is 0.375. The summed E-state index contributed by atoms with van der Waals surface area (Å²) >= 11 is 0. The van der Waals surface area contributed by atoms with E-state index in [-0.39, 0.29) is 18.6 Å². The molecule has 0 unspecified atom stereocenters. The number of aromatic nitrogens is 2. The molecular formula is C16H22N4O3. The number of nitrogens with zero attached hydrogens (tertiary/aromatic N) is 2. The van der Waals surface area contributed by atoms with Gasteiger partial charge in [-0.05, 0) is 19.1 Å². The van der Waals surface area contributed by atoms with Gasteiger partial charge in [-0.15, -0.1) is 0 Å². The van der Waals surface area contributed by atoms with Crippen LogP contribution in [0.15, 0.2) is 42.7 Å². The van der Waals surface area contributed by atoms with Crippen LogP contribution in [-0.4, -0.2) is 40.6 Å². The van der Waals surface area contributed by atoms with Crippen molar-refractivity contribution >= 4 is 6.03 Å². The third kappa shape index (κ3) is 5.00. The summed E-state index contributed by atoms with van der Waals surface area (Å²) in [5.41, 5.74) is 0.639. The fourth-order valence-corrected chi connectivity index (χ4v) is 2.25. The van der Waals surface area contributed by atoms with Crippen molar-refractivity contribution < 1.29 is 14.6 Å². The number of rotatable bonds is 7. The fourth-order valence-electron chi connectivity index (χ4n) is 2.25. The third-order valence-corrected chi connectivity index (χ3v) is 3.35. The summed E-state index contributed by atoms with van der Waals surface area (Å²) in [7, 11) is 1.54. The molecule has 0 saturated carbocycles. The Morgan fingerprint density at radius 3 is 2.87 bits per heavy atom. The zero-order chi connectivity index (χ0) is 16.7. The van der Waals surface area contributed by atoms with E-state index in [2.05, 4.69) is 15.7 Å². The Morgan fingerprint density at radius 1 is 1.39 bits per heavy atom. The highest BCUT2D eigenvalue weighted by molar-refractivity contribution is 5.74. The number of hydrogen-bond donors (Lipinski definition) is 3. The van der Waals surface area contributed by atoms with E-state index in [0.717, 1.165) is 0 Å². The Labute approximate surface area is 135 Å². The highest BCUT2D eigenvalue weighted by atomic mass is 16.5. The lowest BCUT2D eigenvalue weighted by atomic mass is 10.1. The number of hydrogen-bond acceptors (Lipinski definition) is 4. The summed E-state index contributed by atoms with van der Waals surface area (Å²) in [5.74, 6) is 0.592. The summed E-state index contributed by atoms with van der Waals surface area (Å²) in [6.07, 6.45) is 2.69. The molecule has 7 heteroatoms. The first kappa shape index (κ1) is 16.8. The van der Waals surface area contributed by atoms with E-state index in [1.165, 1.54) is 0 Å². The van der Waals surface area contributed by atoms with Crippen LogP contribution in [0.4, 0.5) is 4.79 Å². The van der Waals surface area contributed by atoms with Gasteiger partial charge in [-0.1, -0.05) is 18.2 Å². The summed E-state index contributed by atoms with van der Waals surface area (Å²) in [6.45, 7) is 2.56. The number of aliphatic hydroxyl groups excluding tert-OH is 1. The van der Waals surface area contributed by atoms with E-state index >= 15 is 0 Å². The molecule has 2 amide bonds. The van der Waals surface area contributed by atoms with Crippen molar-refractivity contribution in [2.24, 2.45) is 0 Å². The minimum atomic E-state index is -0.835. The van der Waals surface area contributed by atoms with Crippen molar-refractivity contribution in [2.45, 2.75) is 25.6 Å². The molecule has 23 heavy (non-hydrogen) atoms. The van der Waals surface area contributed by atoms with Gasteiger partial charge in [0.1, 0.15) is 5.75 Å². The topological polar surface area (TPSA) is 88.4 Å². The first-order valence-electron chi connectivity index (χ1n) is 7.43. The number of benzene rings is 1. The van der Waals surface area contributed by atoms with Crippen LogP contribution in [0.25, 0.3) is 0 Å². The van der Waals surface area contributed by atoms with Crippen molar-refractivity contribution in [3.05, 3.63) is 48.3 Å². The maximum atomic E-state index is 11.9. The van der Waals surface area contributed by atoms with Gasteiger partial charge in [0.05, 0.1) is 19.8 Å². The van der Waals surface area contributed by atoms with Crippen molar-refractivity contribution in [3.63, 3.8) is 0 Å². The molecule has 2 rings (SSSR count). The molecule has 0 spiro atoms. The van der Waals surface area contributed by atoms with Crippen LogP contribution in [0, 0.1) is 0 Å². The molecule has 124 valence electrons. The number of urea groups is 1. The van der Waals surface area contributed by atoms with Crippen LogP contribution in [-0.2, 0) is 6.54 Å². The Morgan fingerprint density at radius 2 is 2.17 bits per heavy atom. The SMILES string of the molecule is COc1ccccc1[C@H](O)CNC(=O)N[C@H](C)Cn1cccn1. The second kappa shape index (κ2) is 8.19. The molecule has 3 N–H and O–H groups in total. The molecule has 2 atom stereocenters. The number of nitrogens with one attached hydrogen (secondary N) is 2. The number of methoxy groups -OCH3 is 1. The zero-order valence-electron chi connectivity index (χ0n) is 13.3. The lowest BCUT2D eigenvalue weighted by Gasteiger charge is -2.18. The van der Waals surface area contributed by atoms with Gasteiger partial charge in [0.25, 0.3) is 0 Å². The van der Waals surface area contributed by atoms with Crippen molar-refractivity contribution in [1.29, 1.82) is 0 Å². The second-order valence-corrected chi connectivity index (χ2v) is 5.24. The van der Waals surface area contributed by atoms with Crippen LogP contribution < -0.4 is 15.4 Å². The summed E-state index contributed by atoms with van der Waals surface area (Å²) < 4.78 is 6.94. The van der Waals surface area contributed by atoms with Crippen LogP contribution in [0.1, 0.15) is 18.6 Å². The predicted molar refractivity (Wildman–Crippen MR) is 86.2 cm³/mol. The lowest BCUT2D eigenvalue weighted by Crippen LogP contribution is -2.43. The van der Waals surface area contributed by atoms with E-state index in [1.807, 2.05) is 31.3 Å². The molecule has 0 aliphatic heterocycles. The van der Waals surface area contributed by atoms with E-state index in [0.29, 0.717) is 17.9 Å². The monoisotopic (exact) mass is 318 g/mol. The molecule has 0 saturated heterocycles. The number of carbonyl (C=O) groups excluding carboxylic acids is 1. The van der Waals surface area contributed by atoms with E-state index in [1.54, 1.807) is 30.1 Å². The van der Waals surface area contributed by atoms with E-state index in [4.69, 9.17) is 4.74 Å². The van der Waals surface area contributed by atoms with Gasteiger partial charge in [0, 0.05) is 30.5 Å². The number of amides is 2. The lowest BCUT2D eigenvalue weighted by molar-refractivity contribution is 0.168. The van der Waals surface area contributed by atoms with Crippen LogP contribution in [0.2, 0.25) is 0 Å². The molecule has 0 fully saturated rings. The average Bonchev–Trinajstić information content (AvgIpc) is 3.05. The molecule has 1 heterocycles. The maximum Gasteiger partial charge on any atom is 0.315 e. The molecular weight excluding hydrogens is 296 g/mol. The Bertz CT molecular complexity index is 616. The predicted octanol–water partition coefficient (Wildman–Crippen LogP) is 1.31. The van der Waals surface area contributed by atoms with Gasteiger partial charge in [-0.2, -0.15) is 5.10 Å². The summed E-state index contributed by atoms with van der Waals surface area (Å²) in [6, 6.07) is 8.58. The highest BCUT2D eigenvalue weighted by Crippen LogP contribution is 2.23. The average molecular weight is 318 g/mol. The molecule has 0 aliphatic carbocycles. The first-order valence-corrected chi connectivity index (χ1v) is 7.43. The summed E-state index contributed by atoms with van der Waals surface area (Å²) in [4.78, 5) is 11.9. The minimum Gasteiger partial charge on any atom is -0.496 e. The summed E-state index contributed by atoms with van der Waals surface area (Å²) in [5, 5.41) is 19.7. The maximum absolute atomic E-state index is 11.9. The van der Waals surface area contributed by atoms with Crippen molar-refractivity contribution in [2.75, 3.05) is 13.7 Å². The van der Waals surface area contributed by atoms with Gasteiger partial charge in [-0.25, -0.2) is 4.79 Å². The molecule has 2 aromatic rings. The van der Waals surface area contributed by atoms with Gasteiger partial charge < -0.3 is 20.5 Å². The number of aliphatic hydroxyl groups is 1. The molecule has 7 nitrogen and oxygen atoms in total. The highest BCUT2D eigenvalue weighted by Gasteiger charge is 2.14. The Hall–Kier alpha value is -2.54. The number of ether oxygens (including phenoxy) is 1. The van der Waals surface area contributed by atoms with Gasteiger partial charge in [0.15, 0.2) is 0 Å². The number of carbonyl (C=O) groups is 1. The minimum absolute atomic E-state index is 0.0849. The van der Waals surface area contributed by atoms with Crippen LogP contribution in [0.3, 0.4) is 0 Å². The Kier molecular flexibility index (Phi) is 5.99. The number of para-hydroxylation sites is 1. The Balaban J connectivity index is 1.79. The van der Waals surface area contributed by atoms with Crippen molar-refractivity contribution in [1.82, 2.24) is 20.4 Å². The molecule has 0 radical (unpaired) electrons. The van der Waals surface area contributed by atoms with Crippen LogP contribution in [0.5, 0.6) is 5.75 Å². The molecule has 1 aromatic heterocycles. The van der Waals surface area contributed by atoms with Gasteiger partial charge in [-0.3, -0.25) is 4.68 Å². The largest absolute Gasteiger partial charge is 0.496 e. The molecule has 0 aliphatic rings. The quantitative estimate of drug-likeness (QED) is 0.718. The second-order valence-electron chi connectivity index (χ2n) is 5.24. The normalized spacial score (nSPS) is 13.2. The third-order valence-electron chi connectivity index (χ3n) is 3.35. The standard InChI is InChI=1S/C16H22N4O3/c1-12(11-20-9-5-8-18-20)19-16(22)17-10-14(21)13-6-3-4-7-15(13)23-2/h3-9,12,14,21H,10-11H2,1-2H3,(H2,17,19,22)/t12-,14-/m1/s1.